The van der Waals surface area contributed by atoms with Crippen LogP contribution in [0.2, 0.25) is 0 Å². The Morgan fingerprint density at radius 3 is 1.22 bits per heavy atom. The van der Waals surface area contributed by atoms with E-state index >= 15 is 0 Å². The maximum Gasteiger partial charge on any atom is 0.305 e. The first-order valence-electron chi connectivity index (χ1n) is 13.0. The summed E-state index contributed by atoms with van der Waals surface area (Å²) in [5.41, 5.74) is 0. The predicted octanol–water partition coefficient (Wildman–Crippen LogP) is 3.74. The van der Waals surface area contributed by atoms with Crippen LogP contribution in [0.1, 0.15) is 122 Å². The number of quaternary nitrogens is 1. The summed E-state index contributed by atoms with van der Waals surface area (Å²) in [5, 5.41) is 8.59. The van der Waals surface area contributed by atoms with Gasteiger partial charge in [-0.25, -0.2) is 0 Å². The fourth-order valence-corrected chi connectivity index (χ4v) is 3.70. The Kier molecular flexibility index (Phi) is 24.3. The highest BCUT2D eigenvalue weighted by Gasteiger charge is 2.09. The molecule has 0 aliphatic heterocycles. The van der Waals surface area contributed by atoms with Crippen molar-refractivity contribution in [2.24, 2.45) is 0 Å². The number of aliphatic carboxylic acids is 1. The summed E-state index contributed by atoms with van der Waals surface area (Å²) in [5.74, 6) is -0.704. The minimum Gasteiger partial charge on any atom is -1.00 e. The molecule has 6 heteroatoms. The number of hydrogen-bond donors (Lipinski definition) is 1. The molecule has 0 atom stereocenters. The van der Waals surface area contributed by atoms with Crippen LogP contribution < -0.4 is 12.4 Å². The number of halogens is 1. The third-order valence-corrected chi connectivity index (χ3v) is 5.80. The van der Waals surface area contributed by atoms with E-state index in [2.05, 4.69) is 21.1 Å². The van der Waals surface area contributed by atoms with Crippen LogP contribution in [0.3, 0.4) is 0 Å². The molecule has 0 bridgehead atoms. The van der Waals surface area contributed by atoms with Gasteiger partial charge >= 0.3 is 11.9 Å². The Labute approximate surface area is 204 Å². The molecule has 0 rings (SSSR count). The number of carbonyl (C=O) groups excluding carboxylic acids is 1. The summed E-state index contributed by atoms with van der Waals surface area (Å²) in [6, 6.07) is 0. The molecule has 0 saturated heterocycles. The number of ether oxygens (including phenoxy) is 1. The first-order valence-corrected chi connectivity index (χ1v) is 13.0. The molecule has 192 valence electrons. The van der Waals surface area contributed by atoms with Crippen molar-refractivity contribution >= 4 is 11.9 Å². The number of hydrogen-bond acceptors (Lipinski definition) is 3. The Balaban J connectivity index is 0. The number of carboxylic acids is 1. The van der Waals surface area contributed by atoms with Gasteiger partial charge in [-0.3, -0.25) is 9.59 Å². The zero-order valence-electron chi connectivity index (χ0n) is 21.3. The van der Waals surface area contributed by atoms with Crippen LogP contribution in [0.25, 0.3) is 0 Å². The molecule has 0 unspecified atom stereocenters. The van der Waals surface area contributed by atoms with Gasteiger partial charge in [0.2, 0.25) is 0 Å². The monoisotopic (exact) mass is 477 g/mol. The SMILES string of the molecule is C[N+](C)(C)CCOC(=O)CCCCCCCCCCCCCCCCCCCC(=O)O.[Cl-]. The Morgan fingerprint density at radius 2 is 0.906 bits per heavy atom. The molecule has 0 heterocycles. The molecule has 5 nitrogen and oxygen atoms in total. The van der Waals surface area contributed by atoms with Crippen molar-refractivity contribution in [3.8, 4) is 0 Å². The van der Waals surface area contributed by atoms with Crippen LogP contribution in [0.15, 0.2) is 0 Å². The lowest BCUT2D eigenvalue weighted by molar-refractivity contribution is -0.870. The molecule has 0 spiro atoms. The van der Waals surface area contributed by atoms with Gasteiger partial charge in [-0.2, -0.15) is 0 Å². The van der Waals surface area contributed by atoms with E-state index in [4.69, 9.17) is 9.84 Å². The molecule has 0 amide bonds. The standard InChI is InChI=1S/C26H51NO4.ClH/c1-27(2,3)23-24-31-26(30)22-20-18-16-14-12-10-8-6-4-5-7-9-11-13-15-17-19-21-25(28)29;/h4-24H2,1-3H3;1H. The summed E-state index contributed by atoms with van der Waals surface area (Å²) in [7, 11) is 6.31. The van der Waals surface area contributed by atoms with Crippen LogP contribution in [-0.4, -0.2) is 55.8 Å². The fraction of sp³-hybridized carbons (Fsp3) is 0.923. The third-order valence-electron chi connectivity index (χ3n) is 5.80. The van der Waals surface area contributed by atoms with Crippen LogP contribution in [-0.2, 0) is 14.3 Å². The number of likely N-dealkylation sites (N-methyl/N-ethyl adjacent to an activating group) is 1. The normalized spacial score (nSPS) is 11.2. The molecule has 0 radical (unpaired) electrons. The van der Waals surface area contributed by atoms with Crippen molar-refractivity contribution in [2.75, 3.05) is 34.3 Å². The smallest absolute Gasteiger partial charge is 0.305 e. The highest BCUT2D eigenvalue weighted by molar-refractivity contribution is 5.69. The van der Waals surface area contributed by atoms with E-state index in [0.29, 0.717) is 19.4 Å². The summed E-state index contributed by atoms with van der Waals surface area (Å²) in [6.07, 6.45) is 22.0. The lowest BCUT2D eigenvalue weighted by Gasteiger charge is -2.23. The van der Waals surface area contributed by atoms with Gasteiger partial charge in [0.05, 0.1) is 21.1 Å². The number of esters is 1. The van der Waals surface area contributed by atoms with Crippen LogP contribution in [0, 0.1) is 0 Å². The molecule has 0 saturated carbocycles. The van der Waals surface area contributed by atoms with Gasteiger partial charge in [-0.05, 0) is 12.8 Å². The van der Waals surface area contributed by atoms with Crippen LogP contribution >= 0.6 is 0 Å². The van der Waals surface area contributed by atoms with Crippen LogP contribution in [0.5, 0.6) is 0 Å². The first-order chi connectivity index (χ1) is 14.8. The topological polar surface area (TPSA) is 63.6 Å². The largest absolute Gasteiger partial charge is 1.00 e. The van der Waals surface area contributed by atoms with Gasteiger partial charge in [0.1, 0.15) is 13.2 Å². The number of unbranched alkanes of at least 4 members (excludes halogenated alkanes) is 16. The summed E-state index contributed by atoms with van der Waals surface area (Å²) < 4.78 is 6.11. The third kappa shape index (κ3) is 29.2. The Hall–Kier alpha value is -0.810. The Bertz CT molecular complexity index is 438. The fourth-order valence-electron chi connectivity index (χ4n) is 3.70. The molecule has 0 aromatic carbocycles. The molecule has 0 aromatic heterocycles. The van der Waals surface area contributed by atoms with Crippen LogP contribution in [0.4, 0.5) is 0 Å². The van der Waals surface area contributed by atoms with E-state index < -0.39 is 5.97 Å². The molecule has 32 heavy (non-hydrogen) atoms. The lowest BCUT2D eigenvalue weighted by Crippen LogP contribution is -3.00. The molecule has 0 aliphatic rings. The number of rotatable bonds is 23. The Morgan fingerprint density at radius 1 is 0.594 bits per heavy atom. The average molecular weight is 478 g/mol. The van der Waals surface area contributed by atoms with Crippen molar-refractivity contribution in [1.29, 1.82) is 0 Å². The first kappa shape index (κ1) is 33.4. The zero-order chi connectivity index (χ0) is 23.2. The molecule has 1 N–H and O–H groups in total. The zero-order valence-corrected chi connectivity index (χ0v) is 22.1. The van der Waals surface area contributed by atoms with Gasteiger partial charge < -0.3 is 26.7 Å². The number of carboxylic acid groups (broad SMARTS) is 1. The van der Waals surface area contributed by atoms with Gasteiger partial charge in [0.15, 0.2) is 0 Å². The summed E-state index contributed by atoms with van der Waals surface area (Å²) >= 11 is 0. The maximum atomic E-state index is 11.7. The van der Waals surface area contributed by atoms with Crippen molar-refractivity contribution in [3.63, 3.8) is 0 Å². The minimum atomic E-state index is -0.666. The molecular weight excluding hydrogens is 426 g/mol. The molecule has 0 aliphatic carbocycles. The number of nitrogens with zero attached hydrogens (tertiary/aromatic N) is 1. The molecule has 0 aromatic rings. The lowest BCUT2D eigenvalue weighted by atomic mass is 10.0. The van der Waals surface area contributed by atoms with E-state index in [9.17, 15) is 9.59 Å². The van der Waals surface area contributed by atoms with E-state index in [1.807, 2.05) is 0 Å². The highest BCUT2D eigenvalue weighted by atomic mass is 35.5. The van der Waals surface area contributed by atoms with Crippen molar-refractivity contribution < 1.29 is 36.3 Å². The second-order valence-electron chi connectivity index (χ2n) is 10.1. The van der Waals surface area contributed by atoms with E-state index in [1.165, 1.54) is 83.5 Å². The predicted molar refractivity (Wildman–Crippen MR) is 129 cm³/mol. The second-order valence-corrected chi connectivity index (χ2v) is 10.1. The van der Waals surface area contributed by atoms with Crippen molar-refractivity contribution in [1.82, 2.24) is 0 Å². The number of carbonyl (C=O) groups is 2. The molecular formula is C26H52ClNO4. The summed E-state index contributed by atoms with van der Waals surface area (Å²) in [6.45, 7) is 1.39. The summed E-state index contributed by atoms with van der Waals surface area (Å²) in [4.78, 5) is 22.1. The van der Waals surface area contributed by atoms with Gasteiger partial charge in [-0.1, -0.05) is 96.3 Å². The van der Waals surface area contributed by atoms with Gasteiger partial charge in [-0.15, -0.1) is 0 Å². The highest BCUT2D eigenvalue weighted by Crippen LogP contribution is 2.14. The van der Waals surface area contributed by atoms with Gasteiger partial charge in [0.25, 0.3) is 0 Å². The maximum absolute atomic E-state index is 11.7. The van der Waals surface area contributed by atoms with Crippen molar-refractivity contribution in [2.45, 2.75) is 122 Å². The van der Waals surface area contributed by atoms with Crippen molar-refractivity contribution in [3.05, 3.63) is 0 Å². The van der Waals surface area contributed by atoms with E-state index in [-0.39, 0.29) is 18.4 Å². The quantitative estimate of drug-likeness (QED) is 0.138. The second kappa shape index (κ2) is 23.4. The average Bonchev–Trinajstić information content (AvgIpc) is 2.68. The van der Waals surface area contributed by atoms with E-state index in [1.54, 1.807) is 0 Å². The minimum absolute atomic E-state index is 0. The van der Waals surface area contributed by atoms with Gasteiger partial charge in [0, 0.05) is 12.8 Å². The molecule has 0 fully saturated rings. The van der Waals surface area contributed by atoms with E-state index in [0.717, 1.165) is 36.7 Å².